The van der Waals surface area contributed by atoms with Crippen LogP contribution < -0.4 is 15.4 Å². The third-order valence-electron chi connectivity index (χ3n) is 3.70. The highest BCUT2D eigenvalue weighted by atomic mass is 79.9. The lowest BCUT2D eigenvalue weighted by Gasteiger charge is -2.50. The first-order valence-corrected chi connectivity index (χ1v) is 7.67. The van der Waals surface area contributed by atoms with Gasteiger partial charge in [-0.05, 0) is 47.2 Å². The van der Waals surface area contributed by atoms with Crippen LogP contribution in [0.25, 0.3) is 0 Å². The first-order chi connectivity index (χ1) is 8.40. The number of ether oxygens (including phenoxy) is 1. The van der Waals surface area contributed by atoms with E-state index in [0.717, 1.165) is 20.3 Å². The van der Waals surface area contributed by atoms with Crippen LogP contribution in [0, 0.1) is 5.92 Å². The van der Waals surface area contributed by atoms with Crippen LogP contribution in [0.1, 0.15) is 25.5 Å². The van der Waals surface area contributed by atoms with Crippen molar-refractivity contribution in [2.24, 2.45) is 5.92 Å². The summed E-state index contributed by atoms with van der Waals surface area (Å²) in [5, 5.41) is 7.20. The monoisotopic (exact) mass is 390 g/mol. The van der Waals surface area contributed by atoms with E-state index in [-0.39, 0.29) is 12.0 Å². The molecule has 3 unspecified atom stereocenters. The van der Waals surface area contributed by atoms with Gasteiger partial charge in [0, 0.05) is 16.0 Å². The maximum Gasteiger partial charge on any atom is 0.184 e. The van der Waals surface area contributed by atoms with Gasteiger partial charge in [-0.3, -0.25) is 0 Å². The summed E-state index contributed by atoms with van der Waals surface area (Å²) >= 11 is 12.3. The molecule has 0 amide bonds. The van der Waals surface area contributed by atoms with Gasteiger partial charge in [-0.2, -0.15) is 0 Å². The summed E-state index contributed by atoms with van der Waals surface area (Å²) in [4.78, 5) is 0. The second-order valence-corrected chi connectivity index (χ2v) is 7.06. The Morgan fingerprint density at radius 2 is 2.11 bits per heavy atom. The van der Waals surface area contributed by atoms with E-state index in [2.05, 4.69) is 55.5 Å². The zero-order chi connectivity index (χ0) is 13.1. The lowest BCUT2D eigenvalue weighted by atomic mass is 9.82. The normalized spacial score (nSPS) is 33.0. The molecule has 1 aromatic carbocycles. The van der Waals surface area contributed by atoms with Crippen LogP contribution in [-0.4, -0.2) is 10.8 Å². The molecule has 2 heterocycles. The van der Waals surface area contributed by atoms with Crippen LogP contribution >= 0.6 is 44.1 Å². The van der Waals surface area contributed by atoms with E-state index >= 15 is 0 Å². The Hall–Kier alpha value is -0.330. The largest absolute Gasteiger partial charge is 0.466 e. The van der Waals surface area contributed by atoms with Crippen LogP contribution in [0.3, 0.4) is 0 Å². The smallest absolute Gasteiger partial charge is 0.184 e. The minimum Gasteiger partial charge on any atom is -0.466 e. The molecule has 3 nitrogen and oxygen atoms in total. The maximum atomic E-state index is 6.15. The van der Waals surface area contributed by atoms with Crippen molar-refractivity contribution in [3.8, 4) is 5.75 Å². The summed E-state index contributed by atoms with van der Waals surface area (Å²) < 4.78 is 8.13. The first-order valence-electron chi connectivity index (χ1n) is 5.67. The molecule has 2 N–H and O–H groups in total. The minimum absolute atomic E-state index is 0.168. The highest BCUT2D eigenvalue weighted by Gasteiger charge is 2.49. The molecule has 96 valence electrons. The fourth-order valence-electron chi connectivity index (χ4n) is 2.56. The van der Waals surface area contributed by atoms with Crippen LogP contribution in [0.2, 0.25) is 0 Å². The second-order valence-electron chi connectivity index (χ2n) is 4.88. The number of hydrogen-bond acceptors (Lipinski definition) is 2. The lowest BCUT2D eigenvalue weighted by Crippen LogP contribution is -2.67. The summed E-state index contributed by atoms with van der Waals surface area (Å²) in [6, 6.07) is 4.25. The quantitative estimate of drug-likeness (QED) is 0.663. The summed E-state index contributed by atoms with van der Waals surface area (Å²) in [5.41, 5.74) is 0.668. The molecule has 1 saturated heterocycles. The van der Waals surface area contributed by atoms with Crippen LogP contribution in [0.5, 0.6) is 5.75 Å². The molecule has 3 atom stereocenters. The molecule has 0 radical (unpaired) electrons. The summed E-state index contributed by atoms with van der Waals surface area (Å²) in [6.07, 6.45) is 0. The van der Waals surface area contributed by atoms with Crippen LogP contribution in [-0.2, 0) is 0 Å². The molecular weight excluding hydrogens is 380 g/mol. The van der Waals surface area contributed by atoms with Gasteiger partial charge >= 0.3 is 0 Å². The van der Waals surface area contributed by atoms with E-state index in [1.165, 1.54) is 0 Å². The predicted octanol–water partition coefficient (Wildman–Crippen LogP) is 3.48. The van der Waals surface area contributed by atoms with Gasteiger partial charge in [0.05, 0.1) is 10.5 Å². The number of halogens is 2. The standard InChI is InChI=1S/C12H12Br2N2OS/c1-5-9-7-3-6(13)4-8(14)10(7)17-12(5,2)16-11(18)15-9/h3-5,9H,1-2H3,(H2,15,16,18). The van der Waals surface area contributed by atoms with E-state index < -0.39 is 5.72 Å². The van der Waals surface area contributed by atoms with Crippen molar-refractivity contribution in [1.29, 1.82) is 0 Å². The fraction of sp³-hybridized carbons (Fsp3) is 0.417. The highest BCUT2D eigenvalue weighted by molar-refractivity contribution is 9.11. The number of hydrogen-bond donors (Lipinski definition) is 2. The van der Waals surface area contributed by atoms with Gasteiger partial charge in [0.1, 0.15) is 5.75 Å². The average molecular weight is 392 g/mol. The third kappa shape index (κ3) is 1.77. The van der Waals surface area contributed by atoms with Crippen molar-refractivity contribution in [2.45, 2.75) is 25.6 Å². The van der Waals surface area contributed by atoms with E-state index in [1.807, 2.05) is 13.0 Å². The molecule has 2 bridgehead atoms. The second kappa shape index (κ2) is 4.08. The Morgan fingerprint density at radius 1 is 1.39 bits per heavy atom. The first kappa shape index (κ1) is 12.7. The molecule has 2 aliphatic heterocycles. The minimum atomic E-state index is -0.462. The number of benzene rings is 1. The Bertz CT molecular complexity index is 551. The molecule has 18 heavy (non-hydrogen) atoms. The van der Waals surface area contributed by atoms with Crippen molar-refractivity contribution in [1.82, 2.24) is 10.6 Å². The zero-order valence-corrected chi connectivity index (χ0v) is 13.9. The predicted molar refractivity (Wildman–Crippen MR) is 81.6 cm³/mol. The SMILES string of the molecule is CC1C2NC(=S)NC1(C)Oc1c(Br)cc(Br)cc12. The van der Waals surface area contributed by atoms with E-state index in [9.17, 15) is 0 Å². The third-order valence-corrected chi connectivity index (χ3v) is 4.97. The van der Waals surface area contributed by atoms with Gasteiger partial charge in [-0.1, -0.05) is 22.9 Å². The average Bonchev–Trinajstić information content (AvgIpc) is 2.25. The van der Waals surface area contributed by atoms with E-state index in [4.69, 9.17) is 17.0 Å². The Kier molecular flexibility index (Phi) is 2.88. The molecule has 0 aromatic heterocycles. The topological polar surface area (TPSA) is 33.3 Å². The molecule has 1 fully saturated rings. The fourth-order valence-corrected chi connectivity index (χ4v) is 4.22. The van der Waals surface area contributed by atoms with Gasteiger partial charge in [-0.25, -0.2) is 0 Å². The summed E-state index contributed by atoms with van der Waals surface area (Å²) in [7, 11) is 0. The Labute approximate surface area is 128 Å². The molecular formula is C12H12Br2N2OS. The van der Waals surface area contributed by atoms with Crippen molar-refractivity contribution < 1.29 is 4.74 Å². The van der Waals surface area contributed by atoms with Crippen molar-refractivity contribution in [3.05, 3.63) is 26.6 Å². The molecule has 1 aromatic rings. The molecule has 0 spiro atoms. The lowest BCUT2D eigenvalue weighted by molar-refractivity contribution is -0.0270. The van der Waals surface area contributed by atoms with E-state index in [1.54, 1.807) is 0 Å². The van der Waals surface area contributed by atoms with Gasteiger partial charge in [0.15, 0.2) is 10.8 Å². The molecule has 0 aliphatic carbocycles. The van der Waals surface area contributed by atoms with Crippen LogP contribution in [0.15, 0.2) is 21.1 Å². The maximum absolute atomic E-state index is 6.15. The van der Waals surface area contributed by atoms with E-state index in [0.29, 0.717) is 5.11 Å². The number of nitrogens with one attached hydrogen (secondary N) is 2. The van der Waals surface area contributed by atoms with Crippen molar-refractivity contribution in [3.63, 3.8) is 0 Å². The zero-order valence-electron chi connectivity index (χ0n) is 9.88. The van der Waals surface area contributed by atoms with Gasteiger partial charge in [-0.15, -0.1) is 0 Å². The summed E-state index contributed by atoms with van der Waals surface area (Å²) in [6.45, 7) is 4.19. The molecule has 2 aliphatic rings. The van der Waals surface area contributed by atoms with Crippen molar-refractivity contribution in [2.75, 3.05) is 0 Å². The highest BCUT2D eigenvalue weighted by Crippen LogP contribution is 2.48. The van der Waals surface area contributed by atoms with Gasteiger partial charge in [0.25, 0.3) is 0 Å². The van der Waals surface area contributed by atoms with Crippen LogP contribution in [0.4, 0.5) is 0 Å². The number of rotatable bonds is 0. The Balaban J connectivity index is 2.20. The number of thiocarbonyl (C=S) groups is 1. The summed E-state index contributed by atoms with van der Waals surface area (Å²) in [5.74, 6) is 1.16. The van der Waals surface area contributed by atoms with Gasteiger partial charge < -0.3 is 15.4 Å². The molecule has 0 saturated carbocycles. The Morgan fingerprint density at radius 3 is 2.83 bits per heavy atom. The molecule has 3 rings (SSSR count). The van der Waals surface area contributed by atoms with Gasteiger partial charge in [0.2, 0.25) is 0 Å². The number of fused-ring (bicyclic) bond motifs is 4. The van der Waals surface area contributed by atoms with Crippen molar-refractivity contribution >= 4 is 49.2 Å². The molecule has 6 heteroatoms.